The molecule has 1 aliphatic heterocycles. The SMILES string of the molecule is O=C1c2ccc(O)cc2OCC1C1=CC=C(O)CC1. The normalized spacial score (nSPS) is 22.1. The number of phenolic OH excluding ortho intramolecular Hbond substituents is 1. The van der Waals surface area contributed by atoms with Crippen molar-refractivity contribution < 1.29 is 19.7 Å². The van der Waals surface area contributed by atoms with Crippen LogP contribution >= 0.6 is 0 Å². The fourth-order valence-electron chi connectivity index (χ4n) is 2.48. The molecular weight excluding hydrogens is 244 g/mol. The zero-order valence-corrected chi connectivity index (χ0v) is 10.3. The van der Waals surface area contributed by atoms with Crippen molar-refractivity contribution in [3.63, 3.8) is 0 Å². The highest BCUT2D eigenvalue weighted by Crippen LogP contribution is 2.35. The Morgan fingerprint density at radius 1 is 1.16 bits per heavy atom. The number of phenols is 1. The van der Waals surface area contributed by atoms with Crippen LogP contribution in [0, 0.1) is 5.92 Å². The summed E-state index contributed by atoms with van der Waals surface area (Å²) in [4.78, 5) is 12.4. The second-order valence-electron chi connectivity index (χ2n) is 4.81. The molecule has 4 heteroatoms. The Morgan fingerprint density at radius 2 is 2.00 bits per heavy atom. The van der Waals surface area contributed by atoms with Crippen LogP contribution in [0.15, 0.2) is 41.7 Å². The Morgan fingerprint density at radius 3 is 2.74 bits per heavy atom. The first-order valence-corrected chi connectivity index (χ1v) is 6.24. The number of ether oxygens (including phenoxy) is 1. The second kappa shape index (κ2) is 4.46. The molecule has 0 radical (unpaired) electrons. The van der Waals surface area contributed by atoms with Crippen molar-refractivity contribution in [3.05, 3.63) is 47.2 Å². The smallest absolute Gasteiger partial charge is 0.177 e. The van der Waals surface area contributed by atoms with Crippen molar-refractivity contribution in [2.75, 3.05) is 6.61 Å². The van der Waals surface area contributed by atoms with E-state index in [1.54, 1.807) is 18.2 Å². The predicted molar refractivity (Wildman–Crippen MR) is 69.5 cm³/mol. The van der Waals surface area contributed by atoms with Crippen LogP contribution in [0.5, 0.6) is 11.5 Å². The molecule has 0 bridgehead atoms. The van der Waals surface area contributed by atoms with E-state index in [0.29, 0.717) is 29.9 Å². The van der Waals surface area contributed by atoms with Crippen molar-refractivity contribution in [2.45, 2.75) is 12.8 Å². The van der Waals surface area contributed by atoms with Crippen LogP contribution in [-0.4, -0.2) is 22.6 Å². The third-order valence-electron chi connectivity index (χ3n) is 3.56. The summed E-state index contributed by atoms with van der Waals surface area (Å²) in [5, 5.41) is 18.7. The molecule has 1 aromatic rings. The molecule has 19 heavy (non-hydrogen) atoms. The maximum Gasteiger partial charge on any atom is 0.177 e. The molecule has 0 saturated carbocycles. The first-order valence-electron chi connectivity index (χ1n) is 6.24. The van der Waals surface area contributed by atoms with Crippen LogP contribution < -0.4 is 4.74 Å². The summed E-state index contributed by atoms with van der Waals surface area (Å²) >= 11 is 0. The summed E-state index contributed by atoms with van der Waals surface area (Å²) in [6.45, 7) is 0.287. The van der Waals surface area contributed by atoms with Gasteiger partial charge in [0.2, 0.25) is 0 Å². The number of aliphatic hydroxyl groups excluding tert-OH is 1. The lowest BCUT2D eigenvalue weighted by molar-refractivity contribution is 0.0860. The first kappa shape index (κ1) is 11.8. The molecule has 1 atom stereocenters. The molecule has 1 aliphatic carbocycles. The maximum atomic E-state index is 12.4. The molecule has 1 heterocycles. The Bertz CT molecular complexity index is 598. The van der Waals surface area contributed by atoms with Crippen molar-refractivity contribution in [3.8, 4) is 11.5 Å². The lowest BCUT2D eigenvalue weighted by atomic mass is 9.84. The number of carbonyl (C=O) groups excluding carboxylic acids is 1. The van der Waals surface area contributed by atoms with Crippen LogP contribution in [0.4, 0.5) is 0 Å². The summed E-state index contributed by atoms with van der Waals surface area (Å²) in [5.74, 6) is 0.604. The van der Waals surface area contributed by atoms with Crippen molar-refractivity contribution in [1.29, 1.82) is 0 Å². The fourth-order valence-corrected chi connectivity index (χ4v) is 2.48. The molecule has 0 spiro atoms. The highest BCUT2D eigenvalue weighted by atomic mass is 16.5. The number of hydrogen-bond donors (Lipinski definition) is 2. The van der Waals surface area contributed by atoms with Gasteiger partial charge in [0.25, 0.3) is 0 Å². The first-order chi connectivity index (χ1) is 9.15. The van der Waals surface area contributed by atoms with Gasteiger partial charge in [0.1, 0.15) is 18.1 Å². The Hall–Kier alpha value is -2.23. The van der Waals surface area contributed by atoms with Gasteiger partial charge in [-0.25, -0.2) is 0 Å². The minimum absolute atomic E-state index is 0.0160. The van der Waals surface area contributed by atoms with E-state index < -0.39 is 0 Å². The molecule has 3 rings (SSSR count). The van der Waals surface area contributed by atoms with Gasteiger partial charge in [-0.05, 0) is 24.6 Å². The number of aromatic hydroxyl groups is 1. The van der Waals surface area contributed by atoms with Gasteiger partial charge in [-0.2, -0.15) is 0 Å². The summed E-state index contributed by atoms with van der Waals surface area (Å²) in [6.07, 6.45) is 4.68. The number of benzene rings is 1. The van der Waals surface area contributed by atoms with Gasteiger partial charge in [-0.15, -0.1) is 0 Å². The number of hydrogen-bond acceptors (Lipinski definition) is 4. The van der Waals surface area contributed by atoms with E-state index in [4.69, 9.17) is 4.74 Å². The molecule has 0 aromatic heterocycles. The van der Waals surface area contributed by atoms with E-state index in [2.05, 4.69) is 0 Å². The summed E-state index contributed by atoms with van der Waals surface area (Å²) < 4.78 is 5.56. The number of aliphatic hydroxyl groups is 1. The predicted octanol–water partition coefficient (Wildman–Crippen LogP) is 2.75. The standard InChI is InChI=1S/C15H14O4/c16-10-3-1-9(2-4-10)13-8-19-14-7-11(17)5-6-12(14)15(13)18/h1,3,5-7,13,16-17H,2,4,8H2. The quantitative estimate of drug-likeness (QED) is 0.812. The van der Waals surface area contributed by atoms with Gasteiger partial charge in [0.05, 0.1) is 17.2 Å². The molecule has 1 unspecified atom stereocenters. The number of Topliss-reactive ketones (excluding diaryl/α,β-unsaturated/α-hetero) is 1. The largest absolute Gasteiger partial charge is 0.512 e. The molecule has 1 aromatic carbocycles. The lowest BCUT2D eigenvalue weighted by Crippen LogP contribution is -2.29. The molecular formula is C15H14O4. The number of ketones is 1. The van der Waals surface area contributed by atoms with Crippen LogP contribution in [0.3, 0.4) is 0 Å². The van der Waals surface area contributed by atoms with Gasteiger partial charge >= 0.3 is 0 Å². The third-order valence-corrected chi connectivity index (χ3v) is 3.56. The summed E-state index contributed by atoms with van der Waals surface area (Å²) in [7, 11) is 0. The number of carbonyl (C=O) groups is 1. The van der Waals surface area contributed by atoms with Crippen molar-refractivity contribution >= 4 is 5.78 Å². The number of rotatable bonds is 1. The van der Waals surface area contributed by atoms with Crippen molar-refractivity contribution in [2.24, 2.45) is 5.92 Å². The molecule has 0 fully saturated rings. The van der Waals surface area contributed by atoms with E-state index in [-0.39, 0.29) is 24.1 Å². The van der Waals surface area contributed by atoms with E-state index in [9.17, 15) is 15.0 Å². The molecule has 2 N–H and O–H groups in total. The molecule has 0 saturated heterocycles. The number of allylic oxidation sites excluding steroid dienone is 3. The lowest BCUT2D eigenvalue weighted by Gasteiger charge is -2.27. The van der Waals surface area contributed by atoms with E-state index in [1.807, 2.05) is 0 Å². The third kappa shape index (κ3) is 2.10. The second-order valence-corrected chi connectivity index (χ2v) is 4.81. The minimum atomic E-state index is -0.290. The topological polar surface area (TPSA) is 66.8 Å². The van der Waals surface area contributed by atoms with Crippen molar-refractivity contribution in [1.82, 2.24) is 0 Å². The molecule has 98 valence electrons. The van der Waals surface area contributed by atoms with Crippen LogP contribution in [-0.2, 0) is 0 Å². The molecule has 0 amide bonds. The minimum Gasteiger partial charge on any atom is -0.512 e. The highest BCUT2D eigenvalue weighted by molar-refractivity contribution is 6.03. The highest BCUT2D eigenvalue weighted by Gasteiger charge is 2.32. The monoisotopic (exact) mass is 258 g/mol. The van der Waals surface area contributed by atoms with Crippen LogP contribution in [0.1, 0.15) is 23.2 Å². The fraction of sp³-hybridized carbons (Fsp3) is 0.267. The average Bonchev–Trinajstić information content (AvgIpc) is 2.40. The maximum absolute atomic E-state index is 12.4. The van der Waals surface area contributed by atoms with Gasteiger partial charge < -0.3 is 14.9 Å². The number of fused-ring (bicyclic) bond motifs is 1. The van der Waals surface area contributed by atoms with Gasteiger partial charge in [0, 0.05) is 12.5 Å². The van der Waals surface area contributed by atoms with E-state index in [0.717, 1.165) is 5.57 Å². The molecule has 4 nitrogen and oxygen atoms in total. The van der Waals surface area contributed by atoms with E-state index >= 15 is 0 Å². The van der Waals surface area contributed by atoms with Crippen LogP contribution in [0.2, 0.25) is 0 Å². The zero-order valence-electron chi connectivity index (χ0n) is 10.3. The Balaban J connectivity index is 1.92. The summed E-state index contributed by atoms with van der Waals surface area (Å²) in [6, 6.07) is 4.55. The average molecular weight is 258 g/mol. The van der Waals surface area contributed by atoms with Gasteiger partial charge in [-0.3, -0.25) is 4.79 Å². The van der Waals surface area contributed by atoms with Gasteiger partial charge in [-0.1, -0.05) is 11.6 Å². The Kier molecular flexibility index (Phi) is 2.78. The van der Waals surface area contributed by atoms with E-state index in [1.165, 1.54) is 12.1 Å². The zero-order chi connectivity index (χ0) is 13.4. The van der Waals surface area contributed by atoms with Crippen LogP contribution in [0.25, 0.3) is 0 Å². The molecule has 2 aliphatic rings. The van der Waals surface area contributed by atoms with Gasteiger partial charge in [0.15, 0.2) is 5.78 Å². The Labute approximate surface area is 110 Å². The summed E-state index contributed by atoms with van der Waals surface area (Å²) in [5.41, 5.74) is 1.50.